The zero-order chi connectivity index (χ0) is 48.0. The quantitative estimate of drug-likeness (QED) is 0.145. The van der Waals surface area contributed by atoms with Crippen LogP contribution in [0.4, 0.5) is 48.8 Å². The summed E-state index contributed by atoms with van der Waals surface area (Å²) in [6.45, 7) is 24.7. The Labute approximate surface area is 402 Å². The van der Waals surface area contributed by atoms with Crippen LogP contribution in [0.5, 0.6) is 0 Å². The molecule has 1 N–H and O–H groups in total. The number of hydrogen-bond donors (Lipinski definition) is 1. The molecular weight excluding hydrogens is 917 g/mol. The molecule has 4 heterocycles. The first-order chi connectivity index (χ1) is 30.9. The van der Waals surface area contributed by atoms with E-state index in [9.17, 15) is 14.4 Å². The monoisotopic (exact) mass is 980 g/mol. The molecule has 3 amide bonds. The summed E-state index contributed by atoms with van der Waals surface area (Å²) in [6, 6.07) is 15.6. The summed E-state index contributed by atoms with van der Waals surface area (Å²) >= 11 is 3.50. The molecule has 16 nitrogen and oxygen atoms in total. The van der Waals surface area contributed by atoms with Crippen molar-refractivity contribution in [3.8, 4) is 0 Å². The first kappa shape index (κ1) is 50.2. The van der Waals surface area contributed by atoms with Gasteiger partial charge < -0.3 is 19.5 Å². The largest absolute Gasteiger partial charge is 0.443 e. The number of carbonyl (C=O) groups is 3. The number of rotatable bonds is 8. The molecule has 8 rings (SSSR count). The van der Waals surface area contributed by atoms with Crippen molar-refractivity contribution in [1.29, 1.82) is 0 Å². The number of aromatic nitrogens is 6. The Balaban J connectivity index is 0.000000224. The lowest BCUT2D eigenvalue weighted by atomic mass is 10.1. The summed E-state index contributed by atoms with van der Waals surface area (Å²) in [7, 11) is 0. The van der Waals surface area contributed by atoms with Crippen molar-refractivity contribution in [2.24, 2.45) is 0 Å². The number of nitrogens with one attached hydrogen (secondary N) is 1. The first-order valence-electron chi connectivity index (χ1n) is 22.2. The molecule has 358 valence electrons. The lowest BCUT2D eigenvalue weighted by Gasteiger charge is -2.30. The molecule has 2 aliphatic rings. The number of imidazole rings is 2. The second-order valence-corrected chi connectivity index (χ2v) is 20.8. The molecule has 67 heavy (non-hydrogen) atoms. The summed E-state index contributed by atoms with van der Waals surface area (Å²) in [5.74, 6) is 0.927. The minimum atomic E-state index is -0.728. The van der Waals surface area contributed by atoms with Crippen molar-refractivity contribution in [2.75, 3.05) is 20.0 Å². The Hall–Kier alpha value is -6.23. The topological polar surface area (TPSA) is 161 Å². The fourth-order valence-electron chi connectivity index (χ4n) is 6.98. The number of carbonyl (C=O) groups excluding carboxylic acids is 3. The molecular formula is C50H65BrN10O6. The van der Waals surface area contributed by atoms with Crippen LogP contribution in [-0.4, -0.2) is 76.4 Å². The van der Waals surface area contributed by atoms with Crippen LogP contribution in [0, 0.1) is 27.7 Å². The fourth-order valence-corrected chi connectivity index (χ4v) is 7.33. The Kier molecular flexibility index (Phi) is 14.4. The van der Waals surface area contributed by atoms with E-state index in [0.717, 1.165) is 42.5 Å². The third-order valence-corrected chi connectivity index (χ3v) is 11.1. The van der Waals surface area contributed by atoms with Crippen molar-refractivity contribution in [3.05, 3.63) is 94.0 Å². The van der Waals surface area contributed by atoms with Crippen LogP contribution in [0.2, 0.25) is 0 Å². The van der Waals surface area contributed by atoms with E-state index in [-0.39, 0.29) is 31.4 Å². The molecule has 0 aliphatic heterocycles. The molecule has 0 bridgehead atoms. The van der Waals surface area contributed by atoms with Gasteiger partial charge >= 0.3 is 18.3 Å². The molecule has 2 aliphatic carbocycles. The zero-order valence-electron chi connectivity index (χ0n) is 40.2. The predicted octanol–water partition coefficient (Wildman–Crippen LogP) is 12.7. The van der Waals surface area contributed by atoms with Gasteiger partial charge in [0.05, 0.1) is 23.3 Å². The lowest BCUT2D eigenvalue weighted by molar-refractivity contribution is 0.0566. The highest BCUT2D eigenvalue weighted by molar-refractivity contribution is 9.10. The van der Waals surface area contributed by atoms with Gasteiger partial charge in [-0.15, -0.1) is 10.2 Å². The van der Waals surface area contributed by atoms with Crippen LogP contribution in [0.15, 0.2) is 71.7 Å². The highest BCUT2D eigenvalue weighted by Gasteiger charge is 2.40. The van der Waals surface area contributed by atoms with E-state index in [4.69, 9.17) is 19.3 Å². The highest BCUT2D eigenvalue weighted by atomic mass is 79.9. The number of benzene rings is 2. The average Bonchev–Trinajstić information content (AvgIpc) is 4.12. The van der Waals surface area contributed by atoms with Gasteiger partial charge in [-0.1, -0.05) is 19.6 Å². The first-order valence-corrected chi connectivity index (χ1v) is 23.0. The molecule has 6 aromatic rings. The van der Waals surface area contributed by atoms with Crippen LogP contribution in [-0.2, 0) is 14.2 Å². The average molecular weight is 982 g/mol. The second-order valence-electron chi connectivity index (χ2n) is 20.0. The van der Waals surface area contributed by atoms with Gasteiger partial charge in [-0.2, -0.15) is 0 Å². The zero-order valence-corrected chi connectivity index (χ0v) is 41.8. The van der Waals surface area contributed by atoms with E-state index in [0.29, 0.717) is 38.8 Å². The summed E-state index contributed by atoms with van der Waals surface area (Å²) in [5.41, 5.74) is 6.44. The minimum absolute atomic E-state index is 0. The van der Waals surface area contributed by atoms with E-state index < -0.39 is 29.0 Å². The number of ether oxygens (including phenoxy) is 3. The van der Waals surface area contributed by atoms with Gasteiger partial charge in [0.15, 0.2) is 22.9 Å². The molecule has 0 unspecified atom stereocenters. The molecule has 2 aromatic carbocycles. The predicted molar refractivity (Wildman–Crippen MR) is 267 cm³/mol. The molecule has 17 heteroatoms. The van der Waals surface area contributed by atoms with Gasteiger partial charge in [0.25, 0.3) is 0 Å². The van der Waals surface area contributed by atoms with E-state index >= 15 is 0 Å². The normalized spacial score (nSPS) is 13.8. The molecule has 2 fully saturated rings. The van der Waals surface area contributed by atoms with Crippen LogP contribution < -0.4 is 20.0 Å². The molecule has 0 spiro atoms. The lowest BCUT2D eigenvalue weighted by Crippen LogP contribution is -2.39. The number of nitrogens with zero attached hydrogens (tertiary/aromatic N) is 9. The fraction of sp³-hybridized carbons (Fsp3) is 0.460. The Morgan fingerprint density at radius 1 is 0.657 bits per heavy atom. The standard InChI is InChI=1S/C27H34BrN5O4.C22H27N5O2.CH4/c1-16-9-10-19(13-17(16)2)32(25(35)37-27(6,7)8)22-14-20(23-29-15-21(28)33(23)30-22)31(18-11-12-18)24(34)36-26(3,4)5;1-14-6-7-16(12-15(14)2)24-19-13-18(20-23-10-11-26(20)25-19)27(17-8-9-17)21(28)29-22(3,4)5;/h9-10,13-15,18H,11-12H2,1-8H3;6-7,10-13,17H,8-9H2,1-5H3,(H,24,25);1H4. The van der Waals surface area contributed by atoms with Crippen LogP contribution in [0.25, 0.3) is 11.3 Å². The summed E-state index contributed by atoms with van der Waals surface area (Å²) < 4.78 is 21.1. The maximum Gasteiger partial charge on any atom is 0.420 e. The van der Waals surface area contributed by atoms with Gasteiger partial charge in [-0.25, -0.2) is 38.3 Å². The third-order valence-electron chi connectivity index (χ3n) is 10.6. The van der Waals surface area contributed by atoms with Crippen LogP contribution in [0.3, 0.4) is 0 Å². The number of fused-ring (bicyclic) bond motifs is 2. The molecule has 0 atom stereocenters. The van der Waals surface area contributed by atoms with E-state index in [1.54, 1.807) is 43.5 Å². The van der Waals surface area contributed by atoms with Crippen molar-refractivity contribution in [3.63, 3.8) is 0 Å². The third kappa shape index (κ3) is 12.2. The Bertz CT molecular complexity index is 2790. The number of hydrogen-bond acceptors (Lipinski definition) is 11. The number of halogens is 1. The maximum atomic E-state index is 13.6. The van der Waals surface area contributed by atoms with Gasteiger partial charge in [0, 0.05) is 42.3 Å². The van der Waals surface area contributed by atoms with Crippen molar-refractivity contribution in [1.82, 2.24) is 29.2 Å². The number of anilines is 6. The number of aryl methyl sites for hydroxylation is 4. The smallest absolute Gasteiger partial charge is 0.420 e. The van der Waals surface area contributed by atoms with Crippen molar-refractivity contribution >= 4 is 79.9 Å². The molecule has 0 radical (unpaired) electrons. The minimum Gasteiger partial charge on any atom is -0.443 e. The summed E-state index contributed by atoms with van der Waals surface area (Å²) in [5, 5.41) is 12.7. The van der Waals surface area contributed by atoms with Crippen molar-refractivity contribution in [2.45, 2.75) is 152 Å². The highest BCUT2D eigenvalue weighted by Crippen LogP contribution is 2.40. The van der Waals surface area contributed by atoms with Gasteiger partial charge in [-0.05, 0) is 178 Å². The van der Waals surface area contributed by atoms with Crippen molar-refractivity contribution < 1.29 is 28.6 Å². The van der Waals surface area contributed by atoms with Gasteiger partial charge in [0.2, 0.25) is 0 Å². The molecule has 0 saturated heterocycles. The van der Waals surface area contributed by atoms with E-state index in [1.165, 1.54) is 16.0 Å². The SMILES string of the molecule is C.Cc1ccc(N(C(=O)OC(C)(C)C)c2cc(N(C(=O)OC(C)(C)C)C3CC3)c3ncc(Br)n3n2)cc1C.Cc1ccc(Nc2cc(N(C(=O)OC(C)(C)C)C3CC3)c3nccn3n2)cc1C. The van der Waals surface area contributed by atoms with Gasteiger partial charge in [0.1, 0.15) is 21.4 Å². The summed E-state index contributed by atoms with van der Waals surface area (Å²) in [6.07, 6.45) is 7.27. The Morgan fingerprint density at radius 2 is 1.18 bits per heavy atom. The maximum absolute atomic E-state index is 13.6. The Morgan fingerprint density at radius 3 is 1.70 bits per heavy atom. The van der Waals surface area contributed by atoms with E-state index in [2.05, 4.69) is 62.3 Å². The van der Waals surface area contributed by atoms with E-state index in [1.807, 2.05) is 106 Å². The second kappa shape index (κ2) is 19.2. The summed E-state index contributed by atoms with van der Waals surface area (Å²) in [4.78, 5) is 53.6. The molecule has 2 saturated carbocycles. The number of amides is 3. The van der Waals surface area contributed by atoms with Crippen LogP contribution in [0.1, 0.15) is 118 Å². The van der Waals surface area contributed by atoms with Crippen LogP contribution >= 0.6 is 15.9 Å². The van der Waals surface area contributed by atoms with Gasteiger partial charge in [-0.3, -0.25) is 9.80 Å². The molecule has 4 aromatic heterocycles.